The van der Waals surface area contributed by atoms with Crippen molar-refractivity contribution < 1.29 is 14.8 Å². The number of Topliss-reactive ketones (excluding diaryl/α,β-unsaturated/α-hetero) is 1. The first-order valence-electron chi connectivity index (χ1n) is 2.79. The average Bonchev–Trinajstić information content (AvgIpc) is 1.88. The number of rotatable bonds is 0. The van der Waals surface area contributed by atoms with Gasteiger partial charge in [-0.15, -0.1) is 12.4 Å². The van der Waals surface area contributed by atoms with Gasteiger partial charge in [0, 0.05) is 13.0 Å². The molecule has 6 heteroatoms. The summed E-state index contributed by atoms with van der Waals surface area (Å²) in [5.41, 5.74) is -0.397. The van der Waals surface area contributed by atoms with Gasteiger partial charge in [0.2, 0.25) is 5.71 Å². The molecule has 0 spiro atoms. The SMILES string of the molecule is Cl.O=C1CCNC(=O)/C1=N\O. The Morgan fingerprint density at radius 1 is 1.45 bits per heavy atom. The topological polar surface area (TPSA) is 78.8 Å². The summed E-state index contributed by atoms with van der Waals surface area (Å²) in [5.74, 6) is -1.01. The summed E-state index contributed by atoms with van der Waals surface area (Å²) in [7, 11) is 0. The van der Waals surface area contributed by atoms with E-state index in [1.807, 2.05) is 0 Å². The van der Waals surface area contributed by atoms with Crippen LogP contribution < -0.4 is 5.32 Å². The Kier molecular flexibility index (Phi) is 3.53. The minimum Gasteiger partial charge on any atom is -0.410 e. The Morgan fingerprint density at radius 3 is 2.45 bits per heavy atom. The Hall–Kier alpha value is -1.10. The second-order valence-corrected chi connectivity index (χ2v) is 1.88. The van der Waals surface area contributed by atoms with Crippen molar-refractivity contribution in [2.75, 3.05) is 6.54 Å². The summed E-state index contributed by atoms with van der Waals surface area (Å²) in [6.07, 6.45) is 0.213. The summed E-state index contributed by atoms with van der Waals surface area (Å²) in [6, 6.07) is 0. The number of amides is 1. The molecule has 1 rings (SSSR count). The van der Waals surface area contributed by atoms with E-state index in [4.69, 9.17) is 5.21 Å². The summed E-state index contributed by atoms with van der Waals surface area (Å²) >= 11 is 0. The van der Waals surface area contributed by atoms with Gasteiger partial charge in [0.1, 0.15) is 0 Å². The molecule has 0 aromatic carbocycles. The molecular formula is C5H7ClN2O3. The number of carbonyl (C=O) groups is 2. The Labute approximate surface area is 68.9 Å². The maximum absolute atomic E-state index is 10.7. The van der Waals surface area contributed by atoms with Crippen LogP contribution in [0.25, 0.3) is 0 Å². The van der Waals surface area contributed by atoms with Crippen molar-refractivity contribution in [2.24, 2.45) is 5.16 Å². The molecule has 0 radical (unpaired) electrons. The molecule has 0 saturated carbocycles. The normalized spacial score (nSPS) is 20.9. The van der Waals surface area contributed by atoms with E-state index >= 15 is 0 Å². The van der Waals surface area contributed by atoms with Crippen molar-refractivity contribution in [3.8, 4) is 0 Å². The molecule has 0 unspecified atom stereocenters. The summed E-state index contributed by atoms with van der Waals surface area (Å²) in [4.78, 5) is 21.3. The van der Waals surface area contributed by atoms with Crippen molar-refractivity contribution in [3.05, 3.63) is 0 Å². The van der Waals surface area contributed by atoms with Gasteiger partial charge in [-0.25, -0.2) is 0 Å². The highest BCUT2D eigenvalue weighted by atomic mass is 35.5. The molecule has 0 aromatic heterocycles. The molecular weight excluding hydrogens is 172 g/mol. The number of nitrogens with one attached hydrogen (secondary N) is 1. The van der Waals surface area contributed by atoms with Gasteiger partial charge in [-0.1, -0.05) is 5.16 Å². The second kappa shape index (κ2) is 3.92. The van der Waals surface area contributed by atoms with E-state index < -0.39 is 17.4 Å². The zero-order valence-electron chi connectivity index (χ0n) is 5.53. The van der Waals surface area contributed by atoms with Crippen molar-refractivity contribution in [3.63, 3.8) is 0 Å². The molecule has 1 saturated heterocycles. The van der Waals surface area contributed by atoms with E-state index in [1.165, 1.54) is 0 Å². The number of oxime groups is 1. The number of halogens is 1. The van der Waals surface area contributed by atoms with Crippen LogP contribution in [0.2, 0.25) is 0 Å². The van der Waals surface area contributed by atoms with Crippen LogP contribution in [0.5, 0.6) is 0 Å². The van der Waals surface area contributed by atoms with Crippen LogP contribution >= 0.6 is 12.4 Å². The molecule has 1 aliphatic heterocycles. The number of hydrogen-bond donors (Lipinski definition) is 2. The fourth-order valence-electron chi connectivity index (χ4n) is 0.719. The van der Waals surface area contributed by atoms with Crippen LogP contribution in [0.1, 0.15) is 6.42 Å². The standard InChI is InChI=1S/C5H6N2O3.ClH/c8-3-1-2-6-5(9)4(3)7-10;/h10H,1-2H2,(H,6,9);1H/b7-4-;. The van der Waals surface area contributed by atoms with Crippen molar-refractivity contribution in [2.45, 2.75) is 6.42 Å². The van der Waals surface area contributed by atoms with E-state index in [1.54, 1.807) is 0 Å². The summed E-state index contributed by atoms with van der Waals surface area (Å²) < 4.78 is 0. The quantitative estimate of drug-likeness (QED) is 0.381. The zero-order chi connectivity index (χ0) is 7.56. The first-order chi connectivity index (χ1) is 4.75. The Balaban J connectivity index is 0.000001000. The molecule has 0 bridgehead atoms. The van der Waals surface area contributed by atoms with Gasteiger partial charge in [0.15, 0.2) is 5.78 Å². The summed E-state index contributed by atoms with van der Waals surface area (Å²) in [6.45, 7) is 0.330. The third kappa shape index (κ3) is 1.91. The van der Waals surface area contributed by atoms with Gasteiger partial charge >= 0.3 is 0 Å². The molecule has 11 heavy (non-hydrogen) atoms. The van der Waals surface area contributed by atoms with E-state index in [2.05, 4.69) is 10.5 Å². The molecule has 1 aliphatic rings. The predicted molar refractivity (Wildman–Crippen MR) is 39.1 cm³/mol. The van der Waals surface area contributed by atoms with Crippen LogP contribution in [0, 0.1) is 0 Å². The first kappa shape index (κ1) is 9.90. The lowest BCUT2D eigenvalue weighted by atomic mass is 10.1. The van der Waals surface area contributed by atoms with Gasteiger partial charge in [0.05, 0.1) is 0 Å². The van der Waals surface area contributed by atoms with Crippen LogP contribution in [-0.4, -0.2) is 29.2 Å². The lowest BCUT2D eigenvalue weighted by Crippen LogP contribution is -2.43. The van der Waals surface area contributed by atoms with Crippen LogP contribution in [0.3, 0.4) is 0 Å². The fourth-order valence-corrected chi connectivity index (χ4v) is 0.719. The molecule has 1 fully saturated rings. The molecule has 62 valence electrons. The lowest BCUT2D eigenvalue weighted by molar-refractivity contribution is -0.120. The van der Waals surface area contributed by atoms with E-state index in [0.29, 0.717) is 6.54 Å². The van der Waals surface area contributed by atoms with Gasteiger partial charge in [0.25, 0.3) is 5.91 Å². The highest BCUT2D eigenvalue weighted by Gasteiger charge is 2.24. The molecule has 0 atom stereocenters. The number of hydrogen-bond acceptors (Lipinski definition) is 4. The Morgan fingerprint density at radius 2 is 2.09 bits per heavy atom. The van der Waals surface area contributed by atoms with E-state index in [9.17, 15) is 9.59 Å². The molecule has 1 heterocycles. The summed E-state index contributed by atoms with van der Waals surface area (Å²) in [5, 5.41) is 13.1. The van der Waals surface area contributed by atoms with Crippen molar-refractivity contribution >= 4 is 29.8 Å². The number of ketones is 1. The van der Waals surface area contributed by atoms with Gasteiger partial charge in [-0.05, 0) is 0 Å². The van der Waals surface area contributed by atoms with Gasteiger partial charge in [-0.3, -0.25) is 9.59 Å². The largest absolute Gasteiger partial charge is 0.410 e. The van der Waals surface area contributed by atoms with E-state index in [0.717, 1.165) is 0 Å². The van der Waals surface area contributed by atoms with E-state index in [-0.39, 0.29) is 18.8 Å². The third-order valence-electron chi connectivity index (χ3n) is 1.22. The number of piperidine rings is 1. The fraction of sp³-hybridized carbons (Fsp3) is 0.400. The molecule has 1 amide bonds. The smallest absolute Gasteiger partial charge is 0.277 e. The molecule has 0 aliphatic carbocycles. The monoisotopic (exact) mass is 178 g/mol. The zero-order valence-corrected chi connectivity index (χ0v) is 6.35. The maximum atomic E-state index is 10.7. The minimum atomic E-state index is -0.598. The molecule has 0 aromatic rings. The average molecular weight is 179 g/mol. The highest BCUT2D eigenvalue weighted by Crippen LogP contribution is 1.93. The van der Waals surface area contributed by atoms with Crippen molar-refractivity contribution in [1.29, 1.82) is 0 Å². The maximum Gasteiger partial charge on any atom is 0.277 e. The lowest BCUT2D eigenvalue weighted by Gasteiger charge is -2.09. The van der Waals surface area contributed by atoms with Crippen LogP contribution in [0.15, 0.2) is 5.16 Å². The second-order valence-electron chi connectivity index (χ2n) is 1.88. The van der Waals surface area contributed by atoms with Crippen LogP contribution in [0.4, 0.5) is 0 Å². The third-order valence-corrected chi connectivity index (χ3v) is 1.22. The molecule has 2 N–H and O–H groups in total. The van der Waals surface area contributed by atoms with Crippen molar-refractivity contribution in [1.82, 2.24) is 5.32 Å². The first-order valence-corrected chi connectivity index (χ1v) is 2.79. The van der Waals surface area contributed by atoms with Crippen LogP contribution in [-0.2, 0) is 9.59 Å². The number of carbonyl (C=O) groups excluding carboxylic acids is 2. The number of nitrogens with zero attached hydrogens (tertiary/aromatic N) is 1. The highest BCUT2D eigenvalue weighted by molar-refractivity contribution is 6.66. The van der Waals surface area contributed by atoms with Gasteiger partial charge in [-0.2, -0.15) is 0 Å². The minimum absolute atomic E-state index is 0. The Bertz CT molecular complexity index is 196. The molecule has 5 nitrogen and oxygen atoms in total. The van der Waals surface area contributed by atoms with Gasteiger partial charge < -0.3 is 10.5 Å². The predicted octanol–water partition coefficient (Wildman–Crippen LogP) is -0.673.